The first-order valence-electron chi connectivity index (χ1n) is 3.23. The van der Waals surface area contributed by atoms with Crippen molar-refractivity contribution in [2.24, 2.45) is 5.73 Å². The molecule has 0 radical (unpaired) electrons. The fourth-order valence-corrected chi connectivity index (χ4v) is 0.543. The molecule has 3 nitrogen and oxygen atoms in total. The molecule has 1 atom stereocenters. The second-order valence-corrected chi connectivity index (χ2v) is 2.25. The standard InChI is InChI=1S/C7H13NO2/c1-3-5(2)4-6(8)7(9)10/h6H,2-4,8H2,1H3,(H,9,10)/t6-/m0/s1. The minimum absolute atomic E-state index is 0.381. The van der Waals surface area contributed by atoms with Crippen molar-refractivity contribution in [1.82, 2.24) is 0 Å². The van der Waals surface area contributed by atoms with Gasteiger partial charge in [-0.25, -0.2) is 0 Å². The van der Waals surface area contributed by atoms with Crippen LogP contribution >= 0.6 is 0 Å². The Hall–Kier alpha value is -0.830. The third-order valence-corrected chi connectivity index (χ3v) is 1.33. The summed E-state index contributed by atoms with van der Waals surface area (Å²) in [6.45, 7) is 5.58. The van der Waals surface area contributed by atoms with E-state index in [-0.39, 0.29) is 0 Å². The minimum Gasteiger partial charge on any atom is -0.480 e. The van der Waals surface area contributed by atoms with Crippen LogP contribution in [0.3, 0.4) is 0 Å². The van der Waals surface area contributed by atoms with Gasteiger partial charge in [-0.3, -0.25) is 4.79 Å². The summed E-state index contributed by atoms with van der Waals surface area (Å²) >= 11 is 0. The Morgan fingerprint density at radius 1 is 1.80 bits per heavy atom. The largest absolute Gasteiger partial charge is 0.480 e. The first kappa shape index (κ1) is 9.17. The number of carbonyl (C=O) groups is 1. The second kappa shape index (κ2) is 4.06. The number of nitrogens with two attached hydrogens (primary N) is 1. The van der Waals surface area contributed by atoms with Crippen molar-refractivity contribution in [2.45, 2.75) is 25.8 Å². The molecule has 0 saturated carbocycles. The van der Waals surface area contributed by atoms with Crippen LogP contribution in [0.5, 0.6) is 0 Å². The lowest BCUT2D eigenvalue weighted by atomic mass is 10.1. The van der Waals surface area contributed by atoms with Crippen molar-refractivity contribution in [2.75, 3.05) is 0 Å². The summed E-state index contributed by atoms with van der Waals surface area (Å²) in [6.07, 6.45) is 1.17. The third kappa shape index (κ3) is 3.25. The average Bonchev–Trinajstić information content (AvgIpc) is 1.87. The van der Waals surface area contributed by atoms with Gasteiger partial charge in [-0.1, -0.05) is 19.1 Å². The lowest BCUT2D eigenvalue weighted by molar-refractivity contribution is -0.138. The van der Waals surface area contributed by atoms with E-state index in [4.69, 9.17) is 10.8 Å². The van der Waals surface area contributed by atoms with Gasteiger partial charge in [-0.05, 0) is 12.8 Å². The highest BCUT2D eigenvalue weighted by atomic mass is 16.4. The summed E-state index contributed by atoms with van der Waals surface area (Å²) in [6, 6.07) is -0.785. The van der Waals surface area contributed by atoms with Crippen LogP contribution in [0.2, 0.25) is 0 Å². The van der Waals surface area contributed by atoms with Gasteiger partial charge in [0.25, 0.3) is 0 Å². The van der Waals surface area contributed by atoms with Crippen LogP contribution in [-0.4, -0.2) is 17.1 Å². The molecule has 0 aromatic carbocycles. The maximum atomic E-state index is 10.2. The van der Waals surface area contributed by atoms with E-state index in [1.807, 2.05) is 6.92 Å². The van der Waals surface area contributed by atoms with Crippen LogP contribution in [0.15, 0.2) is 12.2 Å². The Labute approximate surface area is 60.5 Å². The summed E-state index contributed by atoms with van der Waals surface area (Å²) in [7, 11) is 0. The van der Waals surface area contributed by atoms with Gasteiger partial charge < -0.3 is 10.8 Å². The molecule has 0 aliphatic heterocycles. The van der Waals surface area contributed by atoms with E-state index < -0.39 is 12.0 Å². The molecule has 0 aliphatic rings. The number of hydrogen-bond donors (Lipinski definition) is 2. The number of hydrogen-bond acceptors (Lipinski definition) is 2. The van der Waals surface area contributed by atoms with Gasteiger partial charge in [0.05, 0.1) is 0 Å². The van der Waals surface area contributed by atoms with E-state index >= 15 is 0 Å². The molecule has 0 amide bonds. The van der Waals surface area contributed by atoms with Crippen molar-refractivity contribution >= 4 is 5.97 Å². The maximum absolute atomic E-state index is 10.2. The van der Waals surface area contributed by atoms with E-state index in [0.29, 0.717) is 6.42 Å². The summed E-state index contributed by atoms with van der Waals surface area (Å²) in [4.78, 5) is 10.2. The van der Waals surface area contributed by atoms with E-state index in [1.54, 1.807) is 0 Å². The van der Waals surface area contributed by atoms with Gasteiger partial charge >= 0.3 is 5.97 Å². The van der Waals surface area contributed by atoms with E-state index in [1.165, 1.54) is 0 Å². The lowest BCUT2D eigenvalue weighted by Gasteiger charge is -2.05. The van der Waals surface area contributed by atoms with Crippen LogP contribution in [-0.2, 0) is 4.79 Å². The molecule has 0 rings (SSSR count). The van der Waals surface area contributed by atoms with E-state index in [0.717, 1.165) is 12.0 Å². The van der Waals surface area contributed by atoms with Gasteiger partial charge in [-0.15, -0.1) is 0 Å². The average molecular weight is 143 g/mol. The van der Waals surface area contributed by atoms with Gasteiger partial charge in [0.2, 0.25) is 0 Å². The molecule has 0 spiro atoms. The predicted octanol–water partition coefficient (Wildman–Crippen LogP) is 0.755. The van der Waals surface area contributed by atoms with Crippen LogP contribution in [0.1, 0.15) is 19.8 Å². The normalized spacial score (nSPS) is 12.6. The topological polar surface area (TPSA) is 63.3 Å². The molecular formula is C7H13NO2. The first-order chi connectivity index (χ1) is 4.57. The van der Waals surface area contributed by atoms with Crippen LogP contribution in [0.4, 0.5) is 0 Å². The zero-order valence-electron chi connectivity index (χ0n) is 6.13. The van der Waals surface area contributed by atoms with E-state index in [9.17, 15) is 4.79 Å². The van der Waals surface area contributed by atoms with E-state index in [2.05, 4.69) is 6.58 Å². The molecule has 0 bridgehead atoms. The molecular weight excluding hydrogens is 130 g/mol. The predicted molar refractivity (Wildman–Crippen MR) is 39.7 cm³/mol. The Kier molecular flexibility index (Phi) is 3.72. The Bertz CT molecular complexity index is 143. The van der Waals surface area contributed by atoms with Crippen molar-refractivity contribution in [1.29, 1.82) is 0 Å². The highest BCUT2D eigenvalue weighted by Gasteiger charge is 2.10. The second-order valence-electron chi connectivity index (χ2n) is 2.25. The minimum atomic E-state index is -0.963. The molecule has 10 heavy (non-hydrogen) atoms. The molecule has 3 N–H and O–H groups in total. The van der Waals surface area contributed by atoms with Crippen LogP contribution in [0.25, 0.3) is 0 Å². The van der Waals surface area contributed by atoms with Gasteiger partial charge in [-0.2, -0.15) is 0 Å². The Morgan fingerprint density at radius 2 is 2.30 bits per heavy atom. The highest BCUT2D eigenvalue weighted by Crippen LogP contribution is 2.04. The van der Waals surface area contributed by atoms with Crippen molar-refractivity contribution in [3.63, 3.8) is 0 Å². The smallest absolute Gasteiger partial charge is 0.320 e. The van der Waals surface area contributed by atoms with Crippen molar-refractivity contribution < 1.29 is 9.90 Å². The Balaban J connectivity index is 3.68. The number of rotatable bonds is 4. The first-order valence-corrected chi connectivity index (χ1v) is 3.23. The van der Waals surface area contributed by atoms with Gasteiger partial charge in [0.15, 0.2) is 0 Å². The summed E-state index contributed by atoms with van der Waals surface area (Å²) in [5.41, 5.74) is 6.12. The fraction of sp³-hybridized carbons (Fsp3) is 0.571. The summed E-state index contributed by atoms with van der Waals surface area (Å²) in [5, 5.41) is 8.36. The quantitative estimate of drug-likeness (QED) is 0.571. The van der Waals surface area contributed by atoms with Crippen LogP contribution < -0.4 is 5.73 Å². The zero-order valence-corrected chi connectivity index (χ0v) is 6.13. The molecule has 0 aliphatic carbocycles. The molecule has 58 valence electrons. The van der Waals surface area contributed by atoms with Crippen molar-refractivity contribution in [3.8, 4) is 0 Å². The van der Waals surface area contributed by atoms with Gasteiger partial charge in [0, 0.05) is 0 Å². The molecule has 0 heterocycles. The molecule has 0 fully saturated rings. The fourth-order valence-electron chi connectivity index (χ4n) is 0.543. The molecule has 0 unspecified atom stereocenters. The molecule has 3 heteroatoms. The molecule has 0 aromatic heterocycles. The zero-order chi connectivity index (χ0) is 8.15. The van der Waals surface area contributed by atoms with Crippen molar-refractivity contribution in [3.05, 3.63) is 12.2 Å². The summed E-state index contributed by atoms with van der Waals surface area (Å²) < 4.78 is 0. The maximum Gasteiger partial charge on any atom is 0.320 e. The number of aliphatic carboxylic acids is 1. The Morgan fingerprint density at radius 3 is 2.60 bits per heavy atom. The van der Waals surface area contributed by atoms with Crippen LogP contribution in [0, 0.1) is 0 Å². The monoisotopic (exact) mass is 143 g/mol. The lowest BCUT2D eigenvalue weighted by Crippen LogP contribution is -2.30. The molecule has 0 saturated heterocycles. The number of carboxylic acid groups (broad SMARTS) is 1. The van der Waals surface area contributed by atoms with Gasteiger partial charge in [0.1, 0.15) is 6.04 Å². The highest BCUT2D eigenvalue weighted by molar-refractivity contribution is 5.73. The third-order valence-electron chi connectivity index (χ3n) is 1.33. The number of carboxylic acids is 1. The molecule has 0 aromatic rings. The summed E-state index contributed by atoms with van der Waals surface area (Å²) in [5.74, 6) is -0.963. The SMILES string of the molecule is C=C(CC)C[C@H](N)C(=O)O.